The molecule has 0 aliphatic heterocycles. The van der Waals surface area contributed by atoms with Gasteiger partial charge in [-0.2, -0.15) is 0 Å². The molecule has 3 aromatic rings. The van der Waals surface area contributed by atoms with Gasteiger partial charge in [0.05, 0.1) is 0 Å². The van der Waals surface area contributed by atoms with Crippen LogP contribution < -0.4 is 0 Å². The first-order chi connectivity index (χ1) is 9.22. The van der Waals surface area contributed by atoms with Crippen molar-refractivity contribution in [1.29, 1.82) is 0 Å². The number of nitrogens with zero attached hydrogens (tertiary/aromatic N) is 1. The monoisotopic (exact) mass is 375 g/mol. The zero-order chi connectivity index (χ0) is 13.2. The molecule has 3 rings (SSSR count). The average Bonchev–Trinajstić information content (AvgIpc) is 2.90. The van der Waals surface area contributed by atoms with E-state index in [2.05, 4.69) is 103 Å². The predicted octanol–water partition coefficient (Wildman–Crippen LogP) is 5.67. The van der Waals surface area contributed by atoms with Crippen LogP contribution in [-0.4, -0.2) is 4.57 Å². The summed E-state index contributed by atoms with van der Waals surface area (Å²) >= 11 is 6.91. The van der Waals surface area contributed by atoms with Gasteiger partial charge in [0.1, 0.15) is 0 Å². The largest absolute Gasteiger partial charge is 0.323 e. The number of aromatic nitrogens is 1. The van der Waals surface area contributed by atoms with Gasteiger partial charge in [0.25, 0.3) is 0 Å². The fourth-order valence-corrected chi connectivity index (χ4v) is 2.51. The SMILES string of the molecule is Brc1ccc(-c2ccn(-c3ccc(Br)cc3)c2)cc1. The first kappa shape index (κ1) is 12.7. The highest BCUT2D eigenvalue weighted by atomic mass is 79.9. The minimum atomic E-state index is 1.09. The van der Waals surface area contributed by atoms with E-state index in [1.165, 1.54) is 11.1 Å². The Morgan fingerprint density at radius 3 is 1.84 bits per heavy atom. The van der Waals surface area contributed by atoms with E-state index in [0.29, 0.717) is 0 Å². The quantitative estimate of drug-likeness (QED) is 0.543. The highest BCUT2D eigenvalue weighted by Gasteiger charge is 2.02. The average molecular weight is 377 g/mol. The van der Waals surface area contributed by atoms with Crippen molar-refractivity contribution in [3.8, 4) is 16.8 Å². The molecule has 94 valence electrons. The second-order valence-electron chi connectivity index (χ2n) is 4.29. The highest BCUT2D eigenvalue weighted by Crippen LogP contribution is 2.24. The van der Waals surface area contributed by atoms with Crippen LogP contribution in [0.3, 0.4) is 0 Å². The van der Waals surface area contributed by atoms with Crippen molar-refractivity contribution >= 4 is 31.9 Å². The normalized spacial score (nSPS) is 10.6. The Balaban J connectivity index is 1.95. The van der Waals surface area contributed by atoms with Gasteiger partial charge in [0.2, 0.25) is 0 Å². The standard InChI is InChI=1S/C16H11Br2N/c17-14-3-1-12(2-4-14)13-9-10-19(11-13)16-7-5-15(18)6-8-16/h1-11H. The van der Waals surface area contributed by atoms with E-state index in [1.807, 2.05) is 0 Å². The molecule has 2 aromatic carbocycles. The number of benzene rings is 2. The molecule has 3 heteroatoms. The van der Waals surface area contributed by atoms with Gasteiger partial charge in [0.15, 0.2) is 0 Å². The lowest BCUT2D eigenvalue weighted by molar-refractivity contribution is 1.08. The van der Waals surface area contributed by atoms with Gasteiger partial charge in [-0.15, -0.1) is 0 Å². The molecular weight excluding hydrogens is 366 g/mol. The van der Waals surface area contributed by atoms with Crippen LogP contribution in [-0.2, 0) is 0 Å². The third-order valence-corrected chi connectivity index (χ3v) is 4.05. The summed E-state index contributed by atoms with van der Waals surface area (Å²) in [5.41, 5.74) is 3.60. The maximum atomic E-state index is 3.46. The van der Waals surface area contributed by atoms with Crippen LogP contribution in [0, 0.1) is 0 Å². The molecule has 0 atom stereocenters. The van der Waals surface area contributed by atoms with E-state index in [4.69, 9.17) is 0 Å². The van der Waals surface area contributed by atoms with Crippen LogP contribution >= 0.6 is 31.9 Å². The Kier molecular flexibility index (Phi) is 3.58. The second kappa shape index (κ2) is 5.35. The van der Waals surface area contributed by atoms with Gasteiger partial charge >= 0.3 is 0 Å². The van der Waals surface area contributed by atoms with Crippen molar-refractivity contribution in [3.63, 3.8) is 0 Å². The molecule has 1 aromatic heterocycles. The van der Waals surface area contributed by atoms with Gasteiger partial charge in [-0.25, -0.2) is 0 Å². The Labute approximate surface area is 129 Å². The zero-order valence-electron chi connectivity index (χ0n) is 10.1. The van der Waals surface area contributed by atoms with E-state index < -0.39 is 0 Å². The van der Waals surface area contributed by atoms with Crippen molar-refractivity contribution in [2.24, 2.45) is 0 Å². The first-order valence-corrected chi connectivity index (χ1v) is 7.51. The van der Waals surface area contributed by atoms with Gasteiger partial charge in [0, 0.05) is 27.0 Å². The Bertz CT molecular complexity index is 622. The van der Waals surface area contributed by atoms with Gasteiger partial charge in [-0.05, 0) is 53.6 Å². The summed E-state index contributed by atoms with van der Waals surface area (Å²) < 4.78 is 4.32. The summed E-state index contributed by atoms with van der Waals surface area (Å²) in [7, 11) is 0. The number of halogens is 2. The van der Waals surface area contributed by atoms with Crippen molar-refractivity contribution in [1.82, 2.24) is 4.57 Å². The van der Waals surface area contributed by atoms with E-state index in [-0.39, 0.29) is 0 Å². The van der Waals surface area contributed by atoms with Crippen LogP contribution in [0.5, 0.6) is 0 Å². The van der Waals surface area contributed by atoms with E-state index in [0.717, 1.165) is 14.6 Å². The number of hydrogen-bond donors (Lipinski definition) is 0. The zero-order valence-corrected chi connectivity index (χ0v) is 13.2. The van der Waals surface area contributed by atoms with Gasteiger partial charge in [-0.1, -0.05) is 44.0 Å². The molecule has 0 aliphatic rings. The molecule has 0 saturated carbocycles. The van der Waals surface area contributed by atoms with E-state index in [9.17, 15) is 0 Å². The smallest absolute Gasteiger partial charge is 0.0450 e. The van der Waals surface area contributed by atoms with E-state index in [1.54, 1.807) is 0 Å². The molecule has 1 heterocycles. The van der Waals surface area contributed by atoms with Crippen molar-refractivity contribution in [2.75, 3.05) is 0 Å². The third-order valence-electron chi connectivity index (χ3n) is 3.00. The molecule has 0 aliphatic carbocycles. The fraction of sp³-hybridized carbons (Fsp3) is 0. The molecule has 0 saturated heterocycles. The summed E-state index contributed by atoms with van der Waals surface area (Å²) in [4.78, 5) is 0. The lowest BCUT2D eigenvalue weighted by atomic mass is 10.1. The van der Waals surface area contributed by atoms with Gasteiger partial charge < -0.3 is 4.57 Å². The molecule has 0 N–H and O–H groups in total. The second-order valence-corrected chi connectivity index (χ2v) is 6.12. The molecule has 0 spiro atoms. The molecule has 0 unspecified atom stereocenters. The Morgan fingerprint density at radius 2 is 1.21 bits per heavy atom. The molecule has 0 amide bonds. The fourth-order valence-electron chi connectivity index (χ4n) is 1.98. The minimum absolute atomic E-state index is 1.09. The van der Waals surface area contributed by atoms with Crippen LogP contribution in [0.4, 0.5) is 0 Å². The number of rotatable bonds is 2. The molecule has 19 heavy (non-hydrogen) atoms. The van der Waals surface area contributed by atoms with Crippen LogP contribution in [0.25, 0.3) is 16.8 Å². The van der Waals surface area contributed by atoms with E-state index >= 15 is 0 Å². The topological polar surface area (TPSA) is 4.93 Å². The summed E-state index contributed by atoms with van der Waals surface area (Å²) in [5, 5.41) is 0. The Morgan fingerprint density at radius 1 is 0.632 bits per heavy atom. The molecule has 0 radical (unpaired) electrons. The maximum Gasteiger partial charge on any atom is 0.0450 e. The lowest BCUT2D eigenvalue weighted by Gasteiger charge is -2.02. The lowest BCUT2D eigenvalue weighted by Crippen LogP contribution is -1.88. The first-order valence-electron chi connectivity index (χ1n) is 5.92. The van der Waals surface area contributed by atoms with Gasteiger partial charge in [-0.3, -0.25) is 0 Å². The molecule has 0 bridgehead atoms. The summed E-state index contributed by atoms with van der Waals surface area (Å²) in [6, 6.07) is 18.8. The predicted molar refractivity (Wildman–Crippen MR) is 86.6 cm³/mol. The minimum Gasteiger partial charge on any atom is -0.323 e. The van der Waals surface area contributed by atoms with Crippen LogP contribution in [0.15, 0.2) is 75.9 Å². The Hall–Kier alpha value is -1.32. The third kappa shape index (κ3) is 2.82. The molecule has 0 fully saturated rings. The summed E-state index contributed by atoms with van der Waals surface area (Å²) in [5.74, 6) is 0. The molecule has 1 nitrogen and oxygen atoms in total. The summed E-state index contributed by atoms with van der Waals surface area (Å²) in [6.07, 6.45) is 4.23. The van der Waals surface area contributed by atoms with Crippen molar-refractivity contribution in [2.45, 2.75) is 0 Å². The van der Waals surface area contributed by atoms with Crippen molar-refractivity contribution < 1.29 is 0 Å². The molecular formula is C16H11Br2N. The van der Waals surface area contributed by atoms with Crippen molar-refractivity contribution in [3.05, 3.63) is 75.9 Å². The summed E-state index contributed by atoms with van der Waals surface area (Å²) in [6.45, 7) is 0. The maximum absolute atomic E-state index is 3.46. The van der Waals surface area contributed by atoms with Crippen LogP contribution in [0.1, 0.15) is 0 Å². The van der Waals surface area contributed by atoms with Crippen LogP contribution in [0.2, 0.25) is 0 Å². The highest BCUT2D eigenvalue weighted by molar-refractivity contribution is 9.10. The number of hydrogen-bond acceptors (Lipinski definition) is 0.